The number of aliphatic hydroxyl groups excluding tert-OH is 1. The Balaban J connectivity index is 1.58. The van der Waals surface area contributed by atoms with Crippen LogP contribution in [0.3, 0.4) is 0 Å². The van der Waals surface area contributed by atoms with Gasteiger partial charge in [-0.25, -0.2) is 9.78 Å². The lowest BCUT2D eigenvalue weighted by atomic mass is 9.99. The molecule has 12 heteroatoms. The van der Waals surface area contributed by atoms with Gasteiger partial charge in [0.25, 0.3) is 5.91 Å². The summed E-state index contributed by atoms with van der Waals surface area (Å²) in [4.78, 5) is 33.9. The molecule has 0 aliphatic carbocycles. The Morgan fingerprint density at radius 1 is 1.21 bits per heavy atom. The molecule has 0 saturated carbocycles. The molecule has 42 heavy (non-hydrogen) atoms. The maximum atomic E-state index is 13.7. The predicted molar refractivity (Wildman–Crippen MR) is 149 cm³/mol. The van der Waals surface area contributed by atoms with Crippen molar-refractivity contribution in [2.75, 3.05) is 32.1 Å². The van der Waals surface area contributed by atoms with Gasteiger partial charge in [0.05, 0.1) is 36.4 Å². The van der Waals surface area contributed by atoms with E-state index in [1.54, 1.807) is 48.4 Å². The van der Waals surface area contributed by atoms with Crippen molar-refractivity contribution in [2.45, 2.75) is 32.2 Å². The number of aliphatic hydroxyl groups is 1. The lowest BCUT2D eigenvalue weighted by Gasteiger charge is -2.37. The van der Waals surface area contributed by atoms with Crippen molar-refractivity contribution >= 4 is 17.6 Å². The zero-order valence-corrected chi connectivity index (χ0v) is 23.2. The summed E-state index contributed by atoms with van der Waals surface area (Å²) in [5, 5.41) is 21.6. The molecule has 1 aromatic heterocycles. The summed E-state index contributed by atoms with van der Waals surface area (Å²) < 4.78 is 44.8. The number of halogens is 3. The normalized spacial score (nSPS) is 17.7. The first kappa shape index (κ1) is 30.3. The molecular weight excluding hydrogens is 551 g/mol. The van der Waals surface area contributed by atoms with Gasteiger partial charge in [0.2, 0.25) is 5.88 Å². The quantitative estimate of drug-likeness (QED) is 0.422. The van der Waals surface area contributed by atoms with E-state index in [9.17, 15) is 27.9 Å². The standard InChI is InChI=1S/C30H30F3N5O4/c1-18-15-38(19(2)17-39)28(40)25-12-22(21-6-4-20(13-34)5-7-21)14-35-27(25)42-26(18)16-37(3)29(41)36-24-10-8-23(9-11-24)30(31,32)33/h4-12,14,18-19,26,39H,15-17H2,1-3H3,(H,36,41)/t18-,19+,26+/m1/s1. The fraction of sp³-hybridized carbons (Fsp3) is 0.333. The first-order valence-electron chi connectivity index (χ1n) is 13.2. The van der Waals surface area contributed by atoms with Crippen molar-refractivity contribution in [3.63, 3.8) is 0 Å². The number of amides is 3. The van der Waals surface area contributed by atoms with Crippen molar-refractivity contribution in [3.05, 3.63) is 77.5 Å². The van der Waals surface area contributed by atoms with E-state index in [0.29, 0.717) is 11.1 Å². The number of anilines is 1. The molecular formula is C30H30F3N5O4. The molecule has 9 nitrogen and oxygen atoms in total. The molecule has 2 aromatic carbocycles. The topological polar surface area (TPSA) is 119 Å². The molecule has 0 saturated heterocycles. The molecule has 3 atom stereocenters. The number of hydrogen-bond donors (Lipinski definition) is 2. The Hall–Kier alpha value is -4.63. The molecule has 1 aliphatic rings. The number of carbonyl (C=O) groups is 2. The Morgan fingerprint density at radius 2 is 1.88 bits per heavy atom. The number of benzene rings is 2. The molecule has 0 unspecified atom stereocenters. The van der Waals surface area contributed by atoms with Gasteiger partial charge < -0.3 is 25.0 Å². The zero-order chi connectivity index (χ0) is 30.6. The van der Waals surface area contributed by atoms with Crippen molar-refractivity contribution < 1.29 is 32.6 Å². The van der Waals surface area contributed by atoms with Crippen LogP contribution in [0.1, 0.15) is 35.3 Å². The number of hydrogen-bond acceptors (Lipinski definition) is 6. The molecule has 4 rings (SSSR count). The predicted octanol–water partition coefficient (Wildman–Crippen LogP) is 5.02. The smallest absolute Gasteiger partial charge is 0.416 e. The second-order valence-electron chi connectivity index (χ2n) is 10.3. The number of nitriles is 1. The van der Waals surface area contributed by atoms with Crippen molar-refractivity contribution in [1.29, 1.82) is 5.26 Å². The fourth-order valence-electron chi connectivity index (χ4n) is 4.53. The number of urea groups is 1. The summed E-state index contributed by atoms with van der Waals surface area (Å²) in [6, 6.07) is 13.6. The van der Waals surface area contributed by atoms with Crippen molar-refractivity contribution in [2.24, 2.45) is 5.92 Å². The average molecular weight is 582 g/mol. The maximum Gasteiger partial charge on any atom is 0.416 e. The Morgan fingerprint density at radius 3 is 2.48 bits per heavy atom. The number of alkyl halides is 3. The lowest BCUT2D eigenvalue weighted by Crippen LogP contribution is -2.50. The molecule has 0 radical (unpaired) electrons. The molecule has 3 aromatic rings. The number of nitrogens with zero attached hydrogens (tertiary/aromatic N) is 4. The molecule has 0 spiro atoms. The van der Waals surface area contributed by atoms with Gasteiger partial charge in [0.1, 0.15) is 11.7 Å². The number of fused-ring (bicyclic) bond motifs is 1. The number of ether oxygens (including phenoxy) is 1. The van der Waals surface area contributed by atoms with Gasteiger partial charge in [-0.15, -0.1) is 0 Å². The van der Waals surface area contributed by atoms with Gasteiger partial charge in [-0.2, -0.15) is 18.4 Å². The number of rotatable bonds is 6. The van der Waals surface area contributed by atoms with E-state index in [2.05, 4.69) is 16.4 Å². The molecule has 2 heterocycles. The molecule has 0 bridgehead atoms. The summed E-state index contributed by atoms with van der Waals surface area (Å²) >= 11 is 0. The maximum absolute atomic E-state index is 13.7. The van der Waals surface area contributed by atoms with Gasteiger partial charge in [-0.05, 0) is 55.0 Å². The summed E-state index contributed by atoms with van der Waals surface area (Å²) in [6.07, 6.45) is -3.56. The van der Waals surface area contributed by atoms with Crippen LogP contribution in [0.5, 0.6) is 5.88 Å². The summed E-state index contributed by atoms with van der Waals surface area (Å²) in [5.41, 5.74) is 1.42. The minimum Gasteiger partial charge on any atom is -0.472 e. The third-order valence-corrected chi connectivity index (χ3v) is 7.13. The van der Waals surface area contributed by atoms with E-state index in [1.165, 1.54) is 24.1 Å². The van der Waals surface area contributed by atoms with Crippen LogP contribution in [0, 0.1) is 17.2 Å². The van der Waals surface area contributed by atoms with Crippen LogP contribution in [0.4, 0.5) is 23.7 Å². The molecule has 1 aliphatic heterocycles. The molecule has 0 fully saturated rings. The summed E-state index contributed by atoms with van der Waals surface area (Å²) in [5.74, 6) is -0.591. The van der Waals surface area contributed by atoms with E-state index in [1.807, 2.05) is 6.92 Å². The molecule has 2 N–H and O–H groups in total. The Labute approximate surface area is 241 Å². The van der Waals surface area contributed by atoms with E-state index >= 15 is 0 Å². The third kappa shape index (κ3) is 6.80. The fourth-order valence-corrected chi connectivity index (χ4v) is 4.53. The van der Waals surface area contributed by atoms with Crippen LogP contribution >= 0.6 is 0 Å². The average Bonchev–Trinajstić information content (AvgIpc) is 2.98. The number of nitrogens with one attached hydrogen (secondary N) is 1. The highest BCUT2D eigenvalue weighted by atomic mass is 19.4. The van der Waals surface area contributed by atoms with E-state index < -0.39 is 29.9 Å². The van der Waals surface area contributed by atoms with Gasteiger partial charge in [0.15, 0.2) is 0 Å². The van der Waals surface area contributed by atoms with Crippen molar-refractivity contribution in [1.82, 2.24) is 14.8 Å². The van der Waals surface area contributed by atoms with Gasteiger partial charge in [-0.3, -0.25) is 4.79 Å². The molecule has 3 amide bonds. The highest BCUT2D eigenvalue weighted by Gasteiger charge is 2.35. The van der Waals surface area contributed by atoms with E-state index in [-0.39, 0.29) is 48.7 Å². The monoisotopic (exact) mass is 581 g/mol. The largest absolute Gasteiger partial charge is 0.472 e. The second kappa shape index (κ2) is 12.5. The number of likely N-dealkylation sites (N-methyl/N-ethyl adjacent to an activating group) is 1. The van der Waals surface area contributed by atoms with Gasteiger partial charge in [0, 0.05) is 37.0 Å². The summed E-state index contributed by atoms with van der Waals surface area (Å²) in [7, 11) is 1.52. The molecule has 220 valence electrons. The SMILES string of the molecule is C[C@@H]1CN([C@@H](C)CO)C(=O)c2cc(-c3ccc(C#N)cc3)cnc2O[C@H]1CN(C)C(=O)Nc1ccc(C(F)(F)F)cc1. The number of carbonyl (C=O) groups excluding carboxylic acids is 2. The minimum absolute atomic E-state index is 0.0700. The van der Waals surface area contributed by atoms with E-state index in [0.717, 1.165) is 17.7 Å². The Kier molecular flexibility index (Phi) is 9.02. The van der Waals surface area contributed by atoms with Crippen LogP contribution in [0.2, 0.25) is 0 Å². The van der Waals surface area contributed by atoms with Crippen LogP contribution in [0.15, 0.2) is 60.8 Å². The summed E-state index contributed by atoms with van der Waals surface area (Å²) in [6.45, 7) is 3.61. The second-order valence-corrected chi connectivity index (χ2v) is 10.3. The van der Waals surface area contributed by atoms with E-state index in [4.69, 9.17) is 10.00 Å². The third-order valence-electron chi connectivity index (χ3n) is 7.13. The van der Waals surface area contributed by atoms with Gasteiger partial charge >= 0.3 is 12.2 Å². The van der Waals surface area contributed by atoms with Crippen LogP contribution in [-0.2, 0) is 6.18 Å². The van der Waals surface area contributed by atoms with Crippen LogP contribution < -0.4 is 10.1 Å². The number of aromatic nitrogens is 1. The first-order valence-corrected chi connectivity index (χ1v) is 13.2. The highest BCUT2D eigenvalue weighted by Crippen LogP contribution is 2.31. The first-order chi connectivity index (χ1) is 19.9. The lowest BCUT2D eigenvalue weighted by molar-refractivity contribution is -0.137. The van der Waals surface area contributed by atoms with Crippen LogP contribution in [0.25, 0.3) is 11.1 Å². The zero-order valence-electron chi connectivity index (χ0n) is 23.2. The number of pyridine rings is 1. The van der Waals surface area contributed by atoms with Crippen LogP contribution in [-0.4, -0.2) is 70.7 Å². The van der Waals surface area contributed by atoms with Crippen molar-refractivity contribution in [3.8, 4) is 23.1 Å². The minimum atomic E-state index is -4.49. The van der Waals surface area contributed by atoms with Gasteiger partial charge in [-0.1, -0.05) is 19.1 Å². The highest BCUT2D eigenvalue weighted by molar-refractivity contribution is 5.98. The Bertz CT molecular complexity index is 1470.